The molecule has 3 rings (SSSR count). The zero-order valence-corrected chi connectivity index (χ0v) is 13.2. The maximum atomic E-state index is 3.57. The van der Waals surface area contributed by atoms with Gasteiger partial charge in [-0.05, 0) is 55.6 Å². The standard InChI is InChI=1S/C16H23BrN2/c17-16-5-4-15-13-19(9-6-14(15)12-16)11-10-18-7-2-1-3-8-18/h4-5,12H,1-3,6-11,13H2. The van der Waals surface area contributed by atoms with E-state index in [1.807, 2.05) is 0 Å². The molecule has 0 bridgehead atoms. The molecule has 2 heterocycles. The predicted octanol–water partition coefficient (Wildman–Crippen LogP) is 3.29. The third kappa shape index (κ3) is 3.59. The van der Waals surface area contributed by atoms with Gasteiger partial charge in [0.1, 0.15) is 0 Å². The number of halogens is 1. The van der Waals surface area contributed by atoms with Crippen LogP contribution in [0.15, 0.2) is 22.7 Å². The zero-order valence-electron chi connectivity index (χ0n) is 11.6. The molecule has 0 aliphatic carbocycles. The van der Waals surface area contributed by atoms with Gasteiger partial charge < -0.3 is 4.90 Å². The number of piperidine rings is 1. The molecule has 0 spiro atoms. The molecular weight excluding hydrogens is 300 g/mol. The van der Waals surface area contributed by atoms with Crippen molar-refractivity contribution in [3.63, 3.8) is 0 Å². The maximum absolute atomic E-state index is 3.57. The first kappa shape index (κ1) is 13.6. The van der Waals surface area contributed by atoms with Crippen LogP contribution < -0.4 is 0 Å². The molecule has 2 nitrogen and oxygen atoms in total. The van der Waals surface area contributed by atoms with E-state index in [1.165, 1.54) is 74.0 Å². The van der Waals surface area contributed by atoms with Crippen LogP contribution in [0.25, 0.3) is 0 Å². The summed E-state index contributed by atoms with van der Waals surface area (Å²) < 4.78 is 1.22. The summed E-state index contributed by atoms with van der Waals surface area (Å²) in [5, 5.41) is 0. The van der Waals surface area contributed by atoms with Crippen molar-refractivity contribution in [3.05, 3.63) is 33.8 Å². The van der Waals surface area contributed by atoms with E-state index < -0.39 is 0 Å². The van der Waals surface area contributed by atoms with Crippen LogP contribution in [0, 0.1) is 0 Å². The Labute approximate surface area is 124 Å². The number of hydrogen-bond donors (Lipinski definition) is 0. The van der Waals surface area contributed by atoms with Gasteiger partial charge in [0.15, 0.2) is 0 Å². The summed E-state index contributed by atoms with van der Waals surface area (Å²) in [6, 6.07) is 6.75. The van der Waals surface area contributed by atoms with E-state index in [4.69, 9.17) is 0 Å². The Balaban J connectivity index is 1.52. The summed E-state index contributed by atoms with van der Waals surface area (Å²) in [7, 11) is 0. The topological polar surface area (TPSA) is 6.48 Å². The Bertz CT molecular complexity index is 427. The molecule has 0 N–H and O–H groups in total. The highest BCUT2D eigenvalue weighted by molar-refractivity contribution is 9.10. The minimum absolute atomic E-state index is 1.14. The Morgan fingerprint density at radius 1 is 0.895 bits per heavy atom. The molecule has 0 amide bonds. The first-order valence-corrected chi connectivity index (χ1v) is 8.32. The fourth-order valence-corrected chi connectivity index (χ4v) is 3.65. The second-order valence-corrected chi connectivity index (χ2v) is 6.76. The van der Waals surface area contributed by atoms with Crippen molar-refractivity contribution >= 4 is 15.9 Å². The van der Waals surface area contributed by atoms with Crippen molar-refractivity contribution in [1.29, 1.82) is 0 Å². The molecule has 0 radical (unpaired) electrons. The van der Waals surface area contributed by atoms with Crippen LogP contribution in [-0.4, -0.2) is 42.5 Å². The minimum atomic E-state index is 1.14. The van der Waals surface area contributed by atoms with E-state index in [-0.39, 0.29) is 0 Å². The lowest BCUT2D eigenvalue weighted by Gasteiger charge is -2.32. The van der Waals surface area contributed by atoms with Gasteiger partial charge >= 0.3 is 0 Å². The highest BCUT2D eigenvalue weighted by atomic mass is 79.9. The van der Waals surface area contributed by atoms with Crippen molar-refractivity contribution in [2.24, 2.45) is 0 Å². The first-order valence-electron chi connectivity index (χ1n) is 7.53. The summed E-state index contributed by atoms with van der Waals surface area (Å²) in [4.78, 5) is 5.26. The SMILES string of the molecule is Brc1ccc2c(c1)CCN(CCN1CCCCC1)C2. The van der Waals surface area contributed by atoms with Crippen LogP contribution in [0.4, 0.5) is 0 Å². The van der Waals surface area contributed by atoms with Crippen LogP contribution >= 0.6 is 15.9 Å². The van der Waals surface area contributed by atoms with Gasteiger partial charge in [-0.2, -0.15) is 0 Å². The van der Waals surface area contributed by atoms with Gasteiger partial charge in [-0.25, -0.2) is 0 Å². The summed E-state index contributed by atoms with van der Waals surface area (Å²) in [5.41, 5.74) is 3.05. The number of nitrogens with zero attached hydrogens (tertiary/aromatic N) is 2. The molecule has 1 aromatic rings. The number of rotatable bonds is 3. The molecule has 0 aromatic heterocycles. The summed E-state index contributed by atoms with van der Waals surface area (Å²) in [6.07, 6.45) is 5.44. The number of hydrogen-bond acceptors (Lipinski definition) is 2. The van der Waals surface area contributed by atoms with Gasteiger partial charge in [0, 0.05) is 30.7 Å². The van der Waals surface area contributed by atoms with Gasteiger partial charge in [0.05, 0.1) is 0 Å². The Morgan fingerprint density at radius 3 is 2.53 bits per heavy atom. The molecule has 0 saturated carbocycles. The summed E-state index contributed by atoms with van der Waals surface area (Å²) in [6.45, 7) is 7.48. The minimum Gasteiger partial charge on any atom is -0.302 e. The molecule has 104 valence electrons. The molecule has 3 heteroatoms. The van der Waals surface area contributed by atoms with Crippen molar-refractivity contribution in [1.82, 2.24) is 9.80 Å². The van der Waals surface area contributed by atoms with Gasteiger partial charge in [-0.3, -0.25) is 4.90 Å². The van der Waals surface area contributed by atoms with E-state index in [0.717, 1.165) is 6.54 Å². The van der Waals surface area contributed by atoms with Gasteiger partial charge in [0.2, 0.25) is 0 Å². The average molecular weight is 323 g/mol. The Hall–Kier alpha value is -0.380. The van der Waals surface area contributed by atoms with Crippen molar-refractivity contribution in [2.45, 2.75) is 32.2 Å². The number of benzene rings is 1. The van der Waals surface area contributed by atoms with E-state index >= 15 is 0 Å². The molecule has 2 aliphatic heterocycles. The van der Waals surface area contributed by atoms with Gasteiger partial charge in [-0.15, -0.1) is 0 Å². The van der Waals surface area contributed by atoms with Crippen molar-refractivity contribution < 1.29 is 0 Å². The van der Waals surface area contributed by atoms with E-state index in [1.54, 1.807) is 0 Å². The lowest BCUT2D eigenvalue weighted by Crippen LogP contribution is -2.39. The van der Waals surface area contributed by atoms with Crippen molar-refractivity contribution in [3.8, 4) is 0 Å². The molecule has 2 aliphatic rings. The number of fused-ring (bicyclic) bond motifs is 1. The predicted molar refractivity (Wildman–Crippen MR) is 83.4 cm³/mol. The molecular formula is C16H23BrN2. The molecule has 0 atom stereocenters. The smallest absolute Gasteiger partial charge is 0.0237 e. The Kier molecular flexibility index (Phi) is 4.57. The fourth-order valence-electron chi connectivity index (χ4n) is 3.24. The zero-order chi connectivity index (χ0) is 13.1. The molecule has 19 heavy (non-hydrogen) atoms. The van der Waals surface area contributed by atoms with Gasteiger partial charge in [0.25, 0.3) is 0 Å². The van der Waals surface area contributed by atoms with Crippen LogP contribution in [-0.2, 0) is 13.0 Å². The summed E-state index contributed by atoms with van der Waals surface area (Å²) >= 11 is 3.57. The van der Waals surface area contributed by atoms with E-state index in [9.17, 15) is 0 Å². The van der Waals surface area contributed by atoms with Crippen LogP contribution in [0.1, 0.15) is 30.4 Å². The second-order valence-electron chi connectivity index (χ2n) is 5.84. The second kappa shape index (κ2) is 6.38. The average Bonchev–Trinajstić information content (AvgIpc) is 2.46. The van der Waals surface area contributed by atoms with Crippen LogP contribution in [0.3, 0.4) is 0 Å². The highest BCUT2D eigenvalue weighted by Gasteiger charge is 2.17. The van der Waals surface area contributed by atoms with E-state index in [0.29, 0.717) is 0 Å². The fraction of sp³-hybridized carbons (Fsp3) is 0.625. The molecule has 1 fully saturated rings. The largest absolute Gasteiger partial charge is 0.302 e. The van der Waals surface area contributed by atoms with E-state index in [2.05, 4.69) is 43.9 Å². The van der Waals surface area contributed by atoms with Crippen molar-refractivity contribution in [2.75, 3.05) is 32.7 Å². The lowest BCUT2D eigenvalue weighted by atomic mass is 10.00. The Morgan fingerprint density at radius 2 is 1.68 bits per heavy atom. The highest BCUT2D eigenvalue weighted by Crippen LogP contribution is 2.22. The summed E-state index contributed by atoms with van der Waals surface area (Å²) in [5.74, 6) is 0. The molecule has 1 saturated heterocycles. The normalized spacial score (nSPS) is 21.3. The lowest BCUT2D eigenvalue weighted by molar-refractivity contribution is 0.173. The van der Waals surface area contributed by atoms with Gasteiger partial charge in [-0.1, -0.05) is 28.4 Å². The number of likely N-dealkylation sites (tertiary alicyclic amines) is 1. The quantitative estimate of drug-likeness (QED) is 0.842. The molecule has 0 unspecified atom stereocenters. The molecule has 1 aromatic carbocycles. The first-order chi connectivity index (χ1) is 9.31. The van der Waals surface area contributed by atoms with Crippen LogP contribution in [0.2, 0.25) is 0 Å². The third-order valence-corrected chi connectivity index (χ3v) is 4.93. The third-order valence-electron chi connectivity index (χ3n) is 4.44. The van der Waals surface area contributed by atoms with Crippen LogP contribution in [0.5, 0.6) is 0 Å². The maximum Gasteiger partial charge on any atom is 0.0237 e. The monoisotopic (exact) mass is 322 g/mol.